The van der Waals surface area contributed by atoms with Gasteiger partial charge in [-0.1, -0.05) is 29.8 Å². The van der Waals surface area contributed by atoms with Gasteiger partial charge in [-0.15, -0.1) is 10.2 Å². The maximum absolute atomic E-state index is 12.3. The number of nitrogens with one attached hydrogen (secondary N) is 3. The monoisotopic (exact) mass is 391 g/mol. The van der Waals surface area contributed by atoms with E-state index >= 15 is 0 Å². The molecule has 3 N–H and O–H groups in total. The third-order valence-corrected chi connectivity index (χ3v) is 4.62. The van der Waals surface area contributed by atoms with Gasteiger partial charge in [0.05, 0.1) is 0 Å². The van der Waals surface area contributed by atoms with E-state index in [-0.39, 0.29) is 11.6 Å². The maximum Gasteiger partial charge on any atom is 0.271 e. The summed E-state index contributed by atoms with van der Waals surface area (Å²) in [5.41, 5.74) is 3.39. The lowest BCUT2D eigenvalue weighted by Gasteiger charge is -2.06. The summed E-state index contributed by atoms with van der Waals surface area (Å²) in [6.07, 6.45) is 2.72. The van der Waals surface area contributed by atoms with Crippen LogP contribution in [0.25, 0.3) is 10.9 Å². The molecule has 7 heteroatoms. The number of rotatable bonds is 6. The fraction of sp³-hybridized carbons (Fsp3) is 0.0952. The lowest BCUT2D eigenvalue weighted by Crippen LogP contribution is -2.26. The molecule has 1 amide bonds. The van der Waals surface area contributed by atoms with Crippen LogP contribution in [-0.2, 0) is 6.42 Å². The van der Waals surface area contributed by atoms with E-state index < -0.39 is 0 Å². The summed E-state index contributed by atoms with van der Waals surface area (Å²) in [5, 5.41) is 15.9. The lowest BCUT2D eigenvalue weighted by atomic mass is 10.1. The fourth-order valence-electron chi connectivity index (χ4n) is 2.94. The second-order valence-electron chi connectivity index (χ2n) is 6.30. The van der Waals surface area contributed by atoms with Crippen LogP contribution in [0.4, 0.5) is 11.5 Å². The number of aromatic nitrogens is 3. The smallest absolute Gasteiger partial charge is 0.271 e. The van der Waals surface area contributed by atoms with Gasteiger partial charge in [-0.3, -0.25) is 4.79 Å². The SMILES string of the molecule is O=C(NCCc1c[nH]c2ccccc12)c1ccc(Nc2ccc(Cl)cc2)nn1. The molecule has 6 nitrogen and oxygen atoms in total. The van der Waals surface area contributed by atoms with Crippen LogP contribution in [0.5, 0.6) is 0 Å². The van der Waals surface area contributed by atoms with Crippen LogP contribution in [0.1, 0.15) is 16.1 Å². The van der Waals surface area contributed by atoms with Gasteiger partial charge in [0, 0.05) is 34.4 Å². The van der Waals surface area contributed by atoms with Crippen LogP contribution in [-0.4, -0.2) is 27.6 Å². The molecule has 0 aliphatic carbocycles. The highest BCUT2D eigenvalue weighted by Crippen LogP contribution is 2.18. The first-order valence-electron chi connectivity index (χ1n) is 8.88. The molecule has 0 atom stereocenters. The molecule has 0 spiro atoms. The van der Waals surface area contributed by atoms with Crippen LogP contribution >= 0.6 is 11.6 Å². The summed E-state index contributed by atoms with van der Waals surface area (Å²) in [6.45, 7) is 0.521. The van der Waals surface area contributed by atoms with Gasteiger partial charge in [-0.2, -0.15) is 0 Å². The normalized spacial score (nSPS) is 10.8. The molecule has 2 heterocycles. The Morgan fingerprint density at radius 3 is 2.61 bits per heavy atom. The predicted octanol–water partition coefficient (Wildman–Crippen LogP) is 4.33. The van der Waals surface area contributed by atoms with Gasteiger partial charge in [0.2, 0.25) is 0 Å². The van der Waals surface area contributed by atoms with Gasteiger partial charge in [-0.25, -0.2) is 0 Å². The van der Waals surface area contributed by atoms with Crippen LogP contribution < -0.4 is 10.6 Å². The Kier molecular flexibility index (Phi) is 5.21. The van der Waals surface area contributed by atoms with Gasteiger partial charge in [0.25, 0.3) is 5.91 Å². The number of aromatic amines is 1. The zero-order valence-electron chi connectivity index (χ0n) is 14.9. The average molecular weight is 392 g/mol. The summed E-state index contributed by atoms with van der Waals surface area (Å²) < 4.78 is 0. The number of hydrogen-bond acceptors (Lipinski definition) is 4. The number of hydrogen-bond donors (Lipinski definition) is 3. The molecule has 4 rings (SSSR count). The number of benzene rings is 2. The Morgan fingerprint density at radius 1 is 1.00 bits per heavy atom. The Bertz CT molecular complexity index is 1090. The highest BCUT2D eigenvalue weighted by atomic mass is 35.5. The summed E-state index contributed by atoms with van der Waals surface area (Å²) in [4.78, 5) is 15.5. The molecule has 2 aromatic heterocycles. The summed E-state index contributed by atoms with van der Waals surface area (Å²) in [6, 6.07) is 18.7. The molecule has 28 heavy (non-hydrogen) atoms. The van der Waals surface area contributed by atoms with Crippen LogP contribution in [0, 0.1) is 0 Å². The number of carbonyl (C=O) groups is 1. The van der Waals surface area contributed by atoms with Crippen LogP contribution in [0.3, 0.4) is 0 Å². The van der Waals surface area contributed by atoms with Gasteiger partial charge in [0.1, 0.15) is 0 Å². The van der Waals surface area contributed by atoms with Crippen molar-refractivity contribution in [3.8, 4) is 0 Å². The second kappa shape index (κ2) is 8.10. The van der Waals surface area contributed by atoms with E-state index in [1.54, 1.807) is 24.3 Å². The number of H-pyrrole nitrogens is 1. The molecule has 0 bridgehead atoms. The molecule has 0 saturated heterocycles. The van der Waals surface area contributed by atoms with E-state index in [4.69, 9.17) is 11.6 Å². The zero-order chi connectivity index (χ0) is 19.3. The molecule has 0 saturated carbocycles. The molecule has 2 aromatic carbocycles. The first-order valence-corrected chi connectivity index (χ1v) is 9.26. The first-order chi connectivity index (χ1) is 13.7. The number of halogens is 1. The second-order valence-corrected chi connectivity index (χ2v) is 6.74. The van der Waals surface area contributed by atoms with Crippen molar-refractivity contribution in [2.75, 3.05) is 11.9 Å². The summed E-state index contributed by atoms with van der Waals surface area (Å²) in [5.74, 6) is 0.308. The van der Waals surface area contributed by atoms with E-state index in [2.05, 4.69) is 31.9 Å². The van der Waals surface area contributed by atoms with Crippen molar-refractivity contribution >= 4 is 39.9 Å². The van der Waals surface area contributed by atoms with Crippen molar-refractivity contribution in [3.05, 3.63) is 83.1 Å². The average Bonchev–Trinajstić information content (AvgIpc) is 3.13. The standard InChI is InChI=1S/C21H18ClN5O/c22-15-5-7-16(8-6-15)25-20-10-9-19(26-27-20)21(28)23-12-11-14-13-24-18-4-2-1-3-17(14)18/h1-10,13,24H,11-12H2,(H,23,28)(H,25,27). The van der Waals surface area contributed by atoms with Crippen molar-refractivity contribution in [2.24, 2.45) is 0 Å². The van der Waals surface area contributed by atoms with Crippen molar-refractivity contribution in [2.45, 2.75) is 6.42 Å². The number of anilines is 2. The fourth-order valence-corrected chi connectivity index (χ4v) is 3.07. The van der Waals surface area contributed by atoms with E-state index in [1.165, 1.54) is 10.9 Å². The van der Waals surface area contributed by atoms with E-state index in [0.29, 0.717) is 17.4 Å². The summed E-state index contributed by atoms with van der Waals surface area (Å²) >= 11 is 5.87. The molecule has 0 aliphatic rings. The zero-order valence-corrected chi connectivity index (χ0v) is 15.7. The Labute approximate surface area is 167 Å². The lowest BCUT2D eigenvalue weighted by molar-refractivity contribution is 0.0948. The van der Waals surface area contributed by atoms with Gasteiger partial charge in [0.15, 0.2) is 11.5 Å². The third-order valence-electron chi connectivity index (χ3n) is 4.37. The van der Waals surface area contributed by atoms with E-state index in [9.17, 15) is 4.79 Å². The number of carbonyl (C=O) groups excluding carboxylic acids is 1. The number of amides is 1. The van der Waals surface area contributed by atoms with E-state index in [0.717, 1.165) is 17.6 Å². The van der Waals surface area contributed by atoms with Crippen molar-refractivity contribution in [3.63, 3.8) is 0 Å². The molecule has 0 radical (unpaired) electrons. The molecular formula is C21H18ClN5O. The topological polar surface area (TPSA) is 82.7 Å². The molecule has 4 aromatic rings. The number of para-hydroxylation sites is 1. The third kappa shape index (κ3) is 4.13. The highest BCUT2D eigenvalue weighted by molar-refractivity contribution is 6.30. The quantitative estimate of drug-likeness (QED) is 0.457. The molecule has 0 aliphatic heterocycles. The molecule has 140 valence electrons. The minimum Gasteiger partial charge on any atom is -0.361 e. The van der Waals surface area contributed by atoms with Gasteiger partial charge in [-0.05, 0) is 54.4 Å². The van der Waals surface area contributed by atoms with E-state index in [1.807, 2.05) is 36.5 Å². The maximum atomic E-state index is 12.3. The van der Waals surface area contributed by atoms with Gasteiger partial charge >= 0.3 is 0 Å². The number of fused-ring (bicyclic) bond motifs is 1. The Morgan fingerprint density at radius 2 is 1.82 bits per heavy atom. The van der Waals surface area contributed by atoms with Crippen LogP contribution in [0.2, 0.25) is 5.02 Å². The molecular weight excluding hydrogens is 374 g/mol. The van der Waals surface area contributed by atoms with Crippen LogP contribution in [0.15, 0.2) is 66.9 Å². The van der Waals surface area contributed by atoms with Crippen molar-refractivity contribution in [1.29, 1.82) is 0 Å². The largest absolute Gasteiger partial charge is 0.361 e. The van der Waals surface area contributed by atoms with Crippen molar-refractivity contribution in [1.82, 2.24) is 20.5 Å². The Balaban J connectivity index is 1.32. The molecule has 0 unspecified atom stereocenters. The Hall–Kier alpha value is -3.38. The molecule has 0 fully saturated rings. The van der Waals surface area contributed by atoms with Gasteiger partial charge < -0.3 is 15.6 Å². The first kappa shape index (κ1) is 18.0. The minimum atomic E-state index is -0.245. The van der Waals surface area contributed by atoms with Crippen molar-refractivity contribution < 1.29 is 4.79 Å². The highest BCUT2D eigenvalue weighted by Gasteiger charge is 2.09. The number of nitrogens with zero attached hydrogens (tertiary/aromatic N) is 2. The summed E-state index contributed by atoms with van der Waals surface area (Å²) in [7, 11) is 0. The predicted molar refractivity (Wildman–Crippen MR) is 111 cm³/mol. The minimum absolute atomic E-state index is 0.245.